The quantitative estimate of drug-likeness (QED) is 0.630. The SMILES string of the molecule is N#CCS(=O)(=O)N1CCC(C(N)=O)C1. The number of hydrogen-bond donors (Lipinski definition) is 1. The van der Waals surface area contributed by atoms with Crippen molar-refractivity contribution in [1.29, 1.82) is 5.26 Å². The first kappa shape index (κ1) is 10.9. The standard InChI is InChI=1S/C7H11N3O3S/c8-2-4-14(12,13)10-3-1-6(5-10)7(9)11/h6H,1,3-5H2,(H2,9,11). The molecule has 0 aromatic heterocycles. The molecular formula is C7H11N3O3S. The monoisotopic (exact) mass is 217 g/mol. The Morgan fingerprint density at radius 3 is 2.71 bits per heavy atom. The number of primary amides is 1. The number of rotatable bonds is 3. The summed E-state index contributed by atoms with van der Waals surface area (Å²) in [7, 11) is -3.51. The molecule has 1 amide bonds. The highest BCUT2D eigenvalue weighted by atomic mass is 32.2. The van der Waals surface area contributed by atoms with E-state index in [1.54, 1.807) is 6.07 Å². The predicted molar refractivity (Wildman–Crippen MR) is 48.3 cm³/mol. The Hall–Kier alpha value is -1.13. The molecule has 1 saturated heterocycles. The fourth-order valence-electron chi connectivity index (χ4n) is 1.39. The maximum absolute atomic E-state index is 11.4. The lowest BCUT2D eigenvalue weighted by molar-refractivity contribution is -0.121. The van der Waals surface area contributed by atoms with Gasteiger partial charge in [0, 0.05) is 13.1 Å². The number of carbonyl (C=O) groups excluding carboxylic acids is 1. The molecule has 1 aliphatic heterocycles. The van der Waals surface area contributed by atoms with Gasteiger partial charge in [-0.1, -0.05) is 0 Å². The Balaban J connectivity index is 2.68. The molecule has 0 saturated carbocycles. The molecule has 1 heterocycles. The number of nitrogens with zero attached hydrogens (tertiary/aromatic N) is 2. The lowest BCUT2D eigenvalue weighted by atomic mass is 10.1. The number of hydrogen-bond acceptors (Lipinski definition) is 4. The Morgan fingerprint density at radius 2 is 2.29 bits per heavy atom. The summed E-state index contributed by atoms with van der Waals surface area (Å²) in [4.78, 5) is 10.8. The molecule has 1 aliphatic rings. The van der Waals surface area contributed by atoms with Gasteiger partial charge in [0.2, 0.25) is 15.9 Å². The van der Waals surface area contributed by atoms with Crippen LogP contribution in [0.15, 0.2) is 0 Å². The highest BCUT2D eigenvalue weighted by Gasteiger charge is 2.33. The third-order valence-electron chi connectivity index (χ3n) is 2.19. The van der Waals surface area contributed by atoms with Gasteiger partial charge >= 0.3 is 0 Å². The highest BCUT2D eigenvalue weighted by Crippen LogP contribution is 2.18. The van der Waals surface area contributed by atoms with E-state index in [2.05, 4.69) is 0 Å². The number of sulfonamides is 1. The van der Waals surface area contributed by atoms with E-state index in [4.69, 9.17) is 11.0 Å². The Morgan fingerprint density at radius 1 is 1.64 bits per heavy atom. The fourth-order valence-corrected chi connectivity index (χ4v) is 2.52. The van der Waals surface area contributed by atoms with Gasteiger partial charge in [-0.2, -0.15) is 5.26 Å². The van der Waals surface area contributed by atoms with Gasteiger partial charge in [0.1, 0.15) is 0 Å². The average Bonchev–Trinajstić information content (AvgIpc) is 2.51. The molecule has 78 valence electrons. The summed E-state index contributed by atoms with van der Waals surface area (Å²) >= 11 is 0. The van der Waals surface area contributed by atoms with Crippen molar-refractivity contribution in [2.45, 2.75) is 6.42 Å². The Kier molecular flexibility index (Phi) is 3.08. The second-order valence-corrected chi connectivity index (χ2v) is 5.13. The van der Waals surface area contributed by atoms with Crippen LogP contribution in [0, 0.1) is 17.2 Å². The first-order chi connectivity index (χ1) is 6.47. The van der Waals surface area contributed by atoms with Crippen LogP contribution in [0.4, 0.5) is 0 Å². The molecule has 0 radical (unpaired) electrons. The molecule has 0 aromatic carbocycles. The highest BCUT2D eigenvalue weighted by molar-refractivity contribution is 7.89. The molecule has 1 atom stereocenters. The summed E-state index contributed by atoms with van der Waals surface area (Å²) in [5, 5.41) is 8.29. The van der Waals surface area contributed by atoms with Gasteiger partial charge < -0.3 is 5.73 Å². The van der Waals surface area contributed by atoms with Crippen molar-refractivity contribution in [2.24, 2.45) is 11.7 Å². The summed E-state index contributed by atoms with van der Waals surface area (Å²) in [6.07, 6.45) is 0.444. The van der Waals surface area contributed by atoms with Gasteiger partial charge in [-0.25, -0.2) is 12.7 Å². The number of nitrogens with two attached hydrogens (primary N) is 1. The number of nitriles is 1. The first-order valence-electron chi connectivity index (χ1n) is 4.11. The van der Waals surface area contributed by atoms with Gasteiger partial charge in [0.15, 0.2) is 5.75 Å². The van der Waals surface area contributed by atoms with E-state index in [0.717, 1.165) is 4.31 Å². The van der Waals surface area contributed by atoms with Crippen molar-refractivity contribution >= 4 is 15.9 Å². The van der Waals surface area contributed by atoms with Crippen LogP contribution in [0.2, 0.25) is 0 Å². The van der Waals surface area contributed by atoms with E-state index < -0.39 is 27.6 Å². The zero-order valence-corrected chi connectivity index (χ0v) is 8.33. The molecule has 7 heteroatoms. The van der Waals surface area contributed by atoms with Crippen LogP contribution in [0.3, 0.4) is 0 Å². The van der Waals surface area contributed by atoms with Crippen LogP contribution in [0.5, 0.6) is 0 Å². The predicted octanol–water partition coefficient (Wildman–Crippen LogP) is -1.35. The van der Waals surface area contributed by atoms with Crippen molar-refractivity contribution in [1.82, 2.24) is 4.31 Å². The van der Waals surface area contributed by atoms with Crippen LogP contribution in [-0.4, -0.2) is 37.5 Å². The van der Waals surface area contributed by atoms with E-state index in [-0.39, 0.29) is 13.1 Å². The van der Waals surface area contributed by atoms with E-state index >= 15 is 0 Å². The molecule has 1 fully saturated rings. The Bertz CT molecular complexity index is 370. The maximum Gasteiger partial charge on any atom is 0.227 e. The van der Waals surface area contributed by atoms with Crippen molar-refractivity contribution < 1.29 is 13.2 Å². The van der Waals surface area contributed by atoms with Crippen LogP contribution in [0.25, 0.3) is 0 Å². The van der Waals surface area contributed by atoms with Crippen LogP contribution in [-0.2, 0) is 14.8 Å². The lowest BCUT2D eigenvalue weighted by Gasteiger charge is -2.12. The molecular weight excluding hydrogens is 206 g/mol. The van der Waals surface area contributed by atoms with Gasteiger partial charge in [0.05, 0.1) is 12.0 Å². The molecule has 0 spiro atoms. The second kappa shape index (κ2) is 3.94. The molecule has 1 unspecified atom stereocenters. The summed E-state index contributed by atoms with van der Waals surface area (Å²) in [6, 6.07) is 1.58. The first-order valence-corrected chi connectivity index (χ1v) is 5.72. The maximum atomic E-state index is 11.4. The zero-order chi connectivity index (χ0) is 10.8. The topological polar surface area (TPSA) is 104 Å². The van der Waals surface area contributed by atoms with Crippen LogP contribution >= 0.6 is 0 Å². The summed E-state index contributed by atoms with van der Waals surface area (Å²) in [5.74, 6) is -1.44. The van der Waals surface area contributed by atoms with Crippen molar-refractivity contribution in [2.75, 3.05) is 18.8 Å². The van der Waals surface area contributed by atoms with Crippen LogP contribution in [0.1, 0.15) is 6.42 Å². The summed E-state index contributed by atoms with van der Waals surface area (Å²) in [6.45, 7) is 0.386. The average molecular weight is 217 g/mol. The van der Waals surface area contributed by atoms with Crippen molar-refractivity contribution in [3.8, 4) is 6.07 Å². The number of amides is 1. The van der Waals surface area contributed by atoms with E-state index in [9.17, 15) is 13.2 Å². The molecule has 0 aromatic rings. The molecule has 0 bridgehead atoms. The van der Waals surface area contributed by atoms with Gasteiger partial charge in [-0.15, -0.1) is 0 Å². The molecule has 14 heavy (non-hydrogen) atoms. The van der Waals surface area contributed by atoms with Gasteiger partial charge in [-0.3, -0.25) is 4.79 Å². The van der Waals surface area contributed by atoms with Gasteiger partial charge in [-0.05, 0) is 6.42 Å². The zero-order valence-electron chi connectivity index (χ0n) is 7.51. The second-order valence-electron chi connectivity index (χ2n) is 3.16. The van der Waals surface area contributed by atoms with Crippen molar-refractivity contribution in [3.63, 3.8) is 0 Å². The normalized spacial score (nSPS) is 23.2. The lowest BCUT2D eigenvalue weighted by Crippen LogP contribution is -2.33. The van der Waals surface area contributed by atoms with Crippen LogP contribution < -0.4 is 5.73 Å². The molecule has 1 rings (SSSR count). The minimum Gasteiger partial charge on any atom is -0.369 e. The number of carbonyl (C=O) groups is 1. The van der Waals surface area contributed by atoms with E-state index in [0.29, 0.717) is 6.42 Å². The van der Waals surface area contributed by atoms with Gasteiger partial charge in [0.25, 0.3) is 0 Å². The largest absolute Gasteiger partial charge is 0.369 e. The molecule has 6 nitrogen and oxygen atoms in total. The summed E-state index contributed by atoms with van der Waals surface area (Å²) < 4.78 is 23.8. The third-order valence-corrected chi connectivity index (χ3v) is 3.81. The smallest absolute Gasteiger partial charge is 0.227 e. The minimum absolute atomic E-state index is 0.110. The molecule has 2 N–H and O–H groups in total. The Labute approximate surface area is 82.3 Å². The molecule has 0 aliphatic carbocycles. The third kappa shape index (κ3) is 2.21. The van der Waals surface area contributed by atoms with E-state index in [1.165, 1.54) is 0 Å². The van der Waals surface area contributed by atoms with E-state index in [1.807, 2.05) is 0 Å². The summed E-state index contributed by atoms with van der Waals surface area (Å²) in [5.41, 5.74) is 5.05. The van der Waals surface area contributed by atoms with Crippen molar-refractivity contribution in [3.05, 3.63) is 0 Å². The fraction of sp³-hybridized carbons (Fsp3) is 0.714. The minimum atomic E-state index is -3.51.